The van der Waals surface area contributed by atoms with Crippen LogP contribution in [0.1, 0.15) is 50.5 Å². The Morgan fingerprint density at radius 1 is 1.25 bits per heavy atom. The van der Waals surface area contributed by atoms with Gasteiger partial charge < -0.3 is 10.1 Å². The molecule has 0 heterocycles. The minimum atomic E-state index is 0.525. The molecule has 1 unspecified atom stereocenters. The van der Waals surface area contributed by atoms with Crippen molar-refractivity contribution in [3.8, 4) is 11.8 Å². The number of nitrogens with zero attached hydrogens (tertiary/aromatic N) is 1. The Hall–Kier alpha value is -1.69. The summed E-state index contributed by atoms with van der Waals surface area (Å²) in [6.07, 6.45) is 9.50. The zero-order valence-electron chi connectivity index (χ0n) is 12.1. The van der Waals surface area contributed by atoms with Crippen molar-refractivity contribution in [1.29, 1.82) is 5.26 Å². The molecule has 1 N–H and O–H groups in total. The third kappa shape index (κ3) is 2.24. The molecule has 106 valence electrons. The summed E-state index contributed by atoms with van der Waals surface area (Å²) in [7, 11) is 1.67. The maximum Gasteiger partial charge on any atom is 0.143 e. The summed E-state index contributed by atoms with van der Waals surface area (Å²) >= 11 is 0. The van der Waals surface area contributed by atoms with Crippen LogP contribution in [0.3, 0.4) is 0 Å². The van der Waals surface area contributed by atoms with Gasteiger partial charge in [-0.1, -0.05) is 19.3 Å². The number of hydrogen-bond donors (Lipinski definition) is 1. The first-order chi connectivity index (χ1) is 9.77. The Morgan fingerprint density at radius 2 is 2.05 bits per heavy atom. The molecule has 0 amide bonds. The molecule has 2 aliphatic rings. The number of anilines is 1. The van der Waals surface area contributed by atoms with Crippen molar-refractivity contribution in [2.75, 3.05) is 12.4 Å². The number of methoxy groups -OCH3 is 1. The fourth-order valence-corrected chi connectivity index (χ4v) is 3.84. The number of nitrogens with one attached hydrogen (secondary N) is 1. The molecule has 20 heavy (non-hydrogen) atoms. The number of benzene rings is 1. The van der Waals surface area contributed by atoms with Crippen LogP contribution < -0.4 is 10.1 Å². The number of ether oxygens (including phenoxy) is 1. The predicted octanol–water partition coefficient (Wildman–Crippen LogP) is 4.09. The van der Waals surface area contributed by atoms with Gasteiger partial charge in [-0.25, -0.2) is 0 Å². The van der Waals surface area contributed by atoms with E-state index < -0.39 is 0 Å². The van der Waals surface area contributed by atoms with Crippen LogP contribution >= 0.6 is 0 Å². The number of hydrogen-bond acceptors (Lipinski definition) is 3. The molecule has 1 aromatic carbocycles. The SMILES string of the molecule is COc1cc(C#N)ccc1NC1CCC12CCCCC2. The molecule has 0 aliphatic heterocycles. The summed E-state index contributed by atoms with van der Waals surface area (Å²) in [6.45, 7) is 0. The van der Waals surface area contributed by atoms with E-state index in [2.05, 4.69) is 11.4 Å². The molecule has 0 saturated heterocycles. The lowest BCUT2D eigenvalue weighted by Gasteiger charge is -2.52. The van der Waals surface area contributed by atoms with E-state index >= 15 is 0 Å². The minimum absolute atomic E-state index is 0.525. The van der Waals surface area contributed by atoms with Gasteiger partial charge >= 0.3 is 0 Å². The van der Waals surface area contributed by atoms with Crippen molar-refractivity contribution in [2.24, 2.45) is 5.41 Å². The van der Waals surface area contributed by atoms with Crippen LogP contribution in [0, 0.1) is 16.7 Å². The van der Waals surface area contributed by atoms with E-state index in [1.54, 1.807) is 7.11 Å². The van der Waals surface area contributed by atoms with Gasteiger partial charge in [0.15, 0.2) is 0 Å². The highest BCUT2D eigenvalue weighted by molar-refractivity contribution is 5.60. The van der Waals surface area contributed by atoms with Crippen molar-refractivity contribution in [2.45, 2.75) is 51.0 Å². The fraction of sp³-hybridized carbons (Fsp3) is 0.588. The Bertz CT molecular complexity index is 526. The molecule has 1 spiro atoms. The molecule has 0 aromatic heterocycles. The second-order valence-corrected chi connectivity index (χ2v) is 6.19. The van der Waals surface area contributed by atoms with Crippen LogP contribution in [0.5, 0.6) is 5.75 Å². The number of nitriles is 1. The van der Waals surface area contributed by atoms with E-state index in [9.17, 15) is 0 Å². The molecule has 0 bridgehead atoms. The van der Waals surface area contributed by atoms with Gasteiger partial charge in [-0.3, -0.25) is 0 Å². The second kappa shape index (κ2) is 5.36. The molecule has 2 fully saturated rings. The Morgan fingerprint density at radius 3 is 2.65 bits per heavy atom. The van der Waals surface area contributed by atoms with Gasteiger partial charge in [0.1, 0.15) is 5.75 Å². The molecule has 3 heteroatoms. The van der Waals surface area contributed by atoms with E-state index in [0.29, 0.717) is 17.0 Å². The smallest absolute Gasteiger partial charge is 0.143 e. The van der Waals surface area contributed by atoms with Crippen molar-refractivity contribution in [1.82, 2.24) is 0 Å². The summed E-state index contributed by atoms with van der Waals surface area (Å²) in [5, 5.41) is 12.6. The Balaban J connectivity index is 1.76. The third-order valence-electron chi connectivity index (χ3n) is 5.18. The summed E-state index contributed by atoms with van der Waals surface area (Å²) < 4.78 is 5.42. The van der Waals surface area contributed by atoms with E-state index in [1.807, 2.05) is 18.2 Å². The quantitative estimate of drug-likeness (QED) is 0.899. The van der Waals surface area contributed by atoms with Gasteiger partial charge in [-0.15, -0.1) is 0 Å². The lowest BCUT2D eigenvalue weighted by molar-refractivity contribution is 0.0570. The van der Waals surface area contributed by atoms with Crippen LogP contribution in [-0.4, -0.2) is 13.2 Å². The van der Waals surface area contributed by atoms with Crippen LogP contribution in [0.25, 0.3) is 0 Å². The van der Waals surface area contributed by atoms with Crippen LogP contribution in [0.4, 0.5) is 5.69 Å². The molecule has 3 nitrogen and oxygen atoms in total. The average molecular weight is 270 g/mol. The highest BCUT2D eigenvalue weighted by atomic mass is 16.5. The lowest BCUT2D eigenvalue weighted by Crippen LogP contribution is -2.50. The first-order valence-electron chi connectivity index (χ1n) is 7.62. The van der Waals surface area contributed by atoms with Crippen LogP contribution in [0.15, 0.2) is 18.2 Å². The van der Waals surface area contributed by atoms with Crippen LogP contribution in [0.2, 0.25) is 0 Å². The molecule has 0 radical (unpaired) electrons. The Labute approximate surface area is 120 Å². The summed E-state index contributed by atoms with van der Waals surface area (Å²) in [4.78, 5) is 0. The second-order valence-electron chi connectivity index (χ2n) is 6.19. The molecular weight excluding hydrogens is 248 g/mol. The van der Waals surface area contributed by atoms with E-state index in [4.69, 9.17) is 10.00 Å². The molecule has 2 saturated carbocycles. The van der Waals surface area contributed by atoms with Gasteiger partial charge in [0.2, 0.25) is 0 Å². The number of rotatable bonds is 3. The fourth-order valence-electron chi connectivity index (χ4n) is 3.84. The normalized spacial score (nSPS) is 23.7. The van der Waals surface area contributed by atoms with E-state index in [-0.39, 0.29) is 0 Å². The van der Waals surface area contributed by atoms with Crippen molar-refractivity contribution >= 4 is 5.69 Å². The molecule has 1 atom stereocenters. The van der Waals surface area contributed by atoms with E-state index in [0.717, 1.165) is 11.4 Å². The van der Waals surface area contributed by atoms with Crippen molar-refractivity contribution < 1.29 is 4.74 Å². The topological polar surface area (TPSA) is 45.0 Å². The maximum atomic E-state index is 8.96. The maximum absolute atomic E-state index is 8.96. The zero-order valence-corrected chi connectivity index (χ0v) is 12.1. The van der Waals surface area contributed by atoms with Crippen LogP contribution in [-0.2, 0) is 0 Å². The summed E-state index contributed by atoms with van der Waals surface area (Å²) in [6, 6.07) is 8.38. The molecule has 3 rings (SSSR count). The Kier molecular flexibility index (Phi) is 3.56. The standard InChI is InChI=1S/C17H22N2O/c1-20-15-11-13(12-18)5-6-14(15)19-16-7-10-17(16)8-3-2-4-9-17/h5-6,11,16,19H,2-4,7-10H2,1H3. The highest BCUT2D eigenvalue weighted by Gasteiger charge is 2.46. The largest absolute Gasteiger partial charge is 0.495 e. The van der Waals surface area contributed by atoms with Gasteiger partial charge in [0, 0.05) is 12.1 Å². The molecule has 1 aromatic rings. The average Bonchev–Trinajstić information content (AvgIpc) is 2.52. The van der Waals surface area contributed by atoms with Gasteiger partial charge in [0.25, 0.3) is 0 Å². The van der Waals surface area contributed by atoms with Crippen molar-refractivity contribution in [3.63, 3.8) is 0 Å². The predicted molar refractivity (Wildman–Crippen MR) is 79.9 cm³/mol. The first-order valence-corrected chi connectivity index (χ1v) is 7.62. The van der Waals surface area contributed by atoms with E-state index in [1.165, 1.54) is 44.9 Å². The summed E-state index contributed by atoms with van der Waals surface area (Å²) in [5.41, 5.74) is 2.20. The molecular formula is C17H22N2O. The monoisotopic (exact) mass is 270 g/mol. The highest BCUT2D eigenvalue weighted by Crippen LogP contribution is 2.53. The third-order valence-corrected chi connectivity index (χ3v) is 5.18. The molecule has 2 aliphatic carbocycles. The lowest BCUT2D eigenvalue weighted by atomic mass is 9.57. The van der Waals surface area contributed by atoms with Gasteiger partial charge in [0.05, 0.1) is 24.4 Å². The summed E-state index contributed by atoms with van der Waals surface area (Å²) in [5.74, 6) is 0.780. The van der Waals surface area contributed by atoms with Gasteiger partial charge in [-0.05, 0) is 43.2 Å². The van der Waals surface area contributed by atoms with Gasteiger partial charge in [-0.2, -0.15) is 5.26 Å². The van der Waals surface area contributed by atoms with Crippen molar-refractivity contribution in [3.05, 3.63) is 23.8 Å². The minimum Gasteiger partial charge on any atom is -0.495 e. The zero-order chi connectivity index (χ0) is 14.0. The first kappa shape index (κ1) is 13.3.